The Kier molecular flexibility index (Phi) is 2.37. The Morgan fingerprint density at radius 2 is 1.95 bits per heavy atom. The molecule has 4 rings (SSSR count). The molecule has 1 aliphatic heterocycles. The molecule has 0 N–H and O–H groups in total. The fourth-order valence-electron chi connectivity index (χ4n) is 2.83. The second kappa shape index (κ2) is 4.19. The van der Waals surface area contributed by atoms with Gasteiger partial charge in [0.25, 0.3) is 0 Å². The summed E-state index contributed by atoms with van der Waals surface area (Å²) in [6, 6.07) is 12.5. The number of rotatable bonds is 1. The lowest BCUT2D eigenvalue weighted by molar-refractivity contribution is 0.525. The van der Waals surface area contributed by atoms with E-state index in [1.165, 1.54) is 24.1 Å². The van der Waals surface area contributed by atoms with Crippen LogP contribution in [0.4, 0.5) is 0 Å². The highest BCUT2D eigenvalue weighted by Crippen LogP contribution is 2.25. The average molecular weight is 249 g/mol. The number of benzene rings is 1. The molecule has 0 radical (unpaired) electrons. The van der Waals surface area contributed by atoms with Gasteiger partial charge >= 0.3 is 0 Å². The molecule has 2 aromatic heterocycles. The maximum absolute atomic E-state index is 4.76. The van der Waals surface area contributed by atoms with Crippen molar-refractivity contribution in [1.82, 2.24) is 14.5 Å². The molecular formula is C16H15N3. The standard InChI is InChI=1S/C16H15N3/c1-2-6-13-12(5-1)8-9-14(18-13)15-11-17-16-7-3-4-10-19(15)16/h1-2,5-6,8-9,11H,3-4,7,10H2. The van der Waals surface area contributed by atoms with Crippen LogP contribution in [0.25, 0.3) is 22.3 Å². The molecule has 3 heteroatoms. The zero-order valence-electron chi connectivity index (χ0n) is 10.7. The van der Waals surface area contributed by atoms with Crippen molar-refractivity contribution in [3.63, 3.8) is 0 Å². The minimum atomic E-state index is 1.03. The van der Waals surface area contributed by atoms with Crippen LogP contribution in [0, 0.1) is 0 Å². The number of hydrogen-bond donors (Lipinski definition) is 0. The second-order valence-corrected chi connectivity index (χ2v) is 5.06. The van der Waals surface area contributed by atoms with E-state index in [-0.39, 0.29) is 0 Å². The van der Waals surface area contributed by atoms with Crippen molar-refractivity contribution in [3.05, 3.63) is 48.4 Å². The molecule has 0 amide bonds. The van der Waals surface area contributed by atoms with Crippen LogP contribution in [0.15, 0.2) is 42.6 Å². The number of nitrogens with zero attached hydrogens (tertiary/aromatic N) is 3. The van der Waals surface area contributed by atoms with Crippen LogP contribution in [-0.4, -0.2) is 14.5 Å². The second-order valence-electron chi connectivity index (χ2n) is 5.06. The summed E-state index contributed by atoms with van der Waals surface area (Å²) >= 11 is 0. The molecule has 0 saturated carbocycles. The van der Waals surface area contributed by atoms with Gasteiger partial charge in [0.15, 0.2) is 0 Å². The third kappa shape index (κ3) is 1.73. The fourth-order valence-corrected chi connectivity index (χ4v) is 2.83. The van der Waals surface area contributed by atoms with Crippen LogP contribution in [0.5, 0.6) is 0 Å². The average Bonchev–Trinajstić information content (AvgIpc) is 2.91. The zero-order chi connectivity index (χ0) is 12.7. The lowest BCUT2D eigenvalue weighted by Crippen LogP contribution is -2.11. The Bertz CT molecular complexity index is 743. The normalized spacial score (nSPS) is 14.5. The van der Waals surface area contributed by atoms with E-state index in [4.69, 9.17) is 4.98 Å². The Morgan fingerprint density at radius 3 is 2.95 bits per heavy atom. The SMILES string of the molecule is c1ccc2nc(-c3cnc4n3CCCC4)ccc2c1. The van der Waals surface area contributed by atoms with E-state index >= 15 is 0 Å². The van der Waals surface area contributed by atoms with Crippen molar-refractivity contribution < 1.29 is 0 Å². The quantitative estimate of drug-likeness (QED) is 0.661. The lowest BCUT2D eigenvalue weighted by atomic mass is 10.1. The predicted molar refractivity (Wildman–Crippen MR) is 75.9 cm³/mol. The van der Waals surface area contributed by atoms with Crippen LogP contribution >= 0.6 is 0 Å². The van der Waals surface area contributed by atoms with Gasteiger partial charge in [-0.05, 0) is 25.0 Å². The third-order valence-corrected chi connectivity index (χ3v) is 3.83. The van der Waals surface area contributed by atoms with Crippen molar-refractivity contribution in [2.75, 3.05) is 0 Å². The summed E-state index contributed by atoms with van der Waals surface area (Å²) in [6.45, 7) is 1.07. The lowest BCUT2D eigenvalue weighted by Gasteiger charge is -2.16. The van der Waals surface area contributed by atoms with Gasteiger partial charge in [0.1, 0.15) is 5.82 Å². The Balaban J connectivity index is 1.88. The van der Waals surface area contributed by atoms with E-state index in [0.29, 0.717) is 0 Å². The molecule has 3 nitrogen and oxygen atoms in total. The van der Waals surface area contributed by atoms with Gasteiger partial charge in [-0.1, -0.05) is 24.3 Å². The molecule has 1 aliphatic rings. The molecule has 0 unspecified atom stereocenters. The molecule has 94 valence electrons. The number of imidazole rings is 1. The molecule has 0 spiro atoms. The summed E-state index contributed by atoms with van der Waals surface area (Å²) in [6.07, 6.45) is 5.55. The van der Waals surface area contributed by atoms with E-state index < -0.39 is 0 Å². The van der Waals surface area contributed by atoms with E-state index in [1.807, 2.05) is 18.3 Å². The molecule has 0 atom stereocenters. The van der Waals surface area contributed by atoms with Crippen molar-refractivity contribution in [3.8, 4) is 11.4 Å². The molecule has 1 aromatic carbocycles. The Labute approximate surface area is 111 Å². The number of para-hydroxylation sites is 1. The summed E-state index contributed by atoms with van der Waals surface area (Å²) in [5, 5.41) is 1.18. The predicted octanol–water partition coefficient (Wildman–Crippen LogP) is 3.43. The van der Waals surface area contributed by atoms with Gasteiger partial charge in [0, 0.05) is 18.4 Å². The minimum absolute atomic E-state index is 1.03. The first-order chi connectivity index (χ1) is 9.42. The van der Waals surface area contributed by atoms with Crippen LogP contribution in [-0.2, 0) is 13.0 Å². The first-order valence-corrected chi connectivity index (χ1v) is 6.82. The van der Waals surface area contributed by atoms with Crippen molar-refractivity contribution in [2.24, 2.45) is 0 Å². The van der Waals surface area contributed by atoms with Crippen LogP contribution < -0.4 is 0 Å². The highest BCUT2D eigenvalue weighted by atomic mass is 15.1. The molecule has 0 fully saturated rings. The van der Waals surface area contributed by atoms with Crippen molar-refractivity contribution >= 4 is 10.9 Å². The van der Waals surface area contributed by atoms with E-state index in [1.54, 1.807) is 0 Å². The highest BCUT2D eigenvalue weighted by Gasteiger charge is 2.15. The highest BCUT2D eigenvalue weighted by molar-refractivity contribution is 5.80. The van der Waals surface area contributed by atoms with Gasteiger partial charge < -0.3 is 4.57 Å². The summed E-state index contributed by atoms with van der Waals surface area (Å²) in [7, 11) is 0. The first-order valence-electron chi connectivity index (χ1n) is 6.82. The zero-order valence-corrected chi connectivity index (χ0v) is 10.7. The Hall–Kier alpha value is -2.16. The molecule has 3 aromatic rings. The summed E-state index contributed by atoms with van der Waals surface area (Å²) < 4.78 is 2.32. The van der Waals surface area contributed by atoms with Crippen molar-refractivity contribution in [2.45, 2.75) is 25.8 Å². The fraction of sp³-hybridized carbons (Fsp3) is 0.250. The number of aromatic nitrogens is 3. The van der Waals surface area contributed by atoms with Gasteiger partial charge in [-0.3, -0.25) is 0 Å². The maximum atomic E-state index is 4.76. The summed E-state index contributed by atoms with van der Waals surface area (Å²) in [5.41, 5.74) is 3.23. The van der Waals surface area contributed by atoms with Gasteiger partial charge in [-0.2, -0.15) is 0 Å². The van der Waals surface area contributed by atoms with Gasteiger partial charge in [0.2, 0.25) is 0 Å². The molecule has 0 saturated heterocycles. The number of aryl methyl sites for hydroxylation is 1. The molecule has 0 aliphatic carbocycles. The van der Waals surface area contributed by atoms with Gasteiger partial charge in [-0.15, -0.1) is 0 Å². The van der Waals surface area contributed by atoms with Gasteiger partial charge in [-0.25, -0.2) is 9.97 Å². The van der Waals surface area contributed by atoms with Gasteiger partial charge in [0.05, 0.1) is 23.1 Å². The monoisotopic (exact) mass is 249 g/mol. The molecule has 0 bridgehead atoms. The van der Waals surface area contributed by atoms with E-state index in [9.17, 15) is 0 Å². The van der Waals surface area contributed by atoms with Crippen LogP contribution in [0.1, 0.15) is 18.7 Å². The van der Waals surface area contributed by atoms with Crippen LogP contribution in [0.2, 0.25) is 0 Å². The van der Waals surface area contributed by atoms with Crippen molar-refractivity contribution in [1.29, 1.82) is 0 Å². The summed E-state index contributed by atoms with van der Waals surface area (Å²) in [4.78, 5) is 9.30. The maximum Gasteiger partial charge on any atom is 0.109 e. The molecule has 19 heavy (non-hydrogen) atoms. The topological polar surface area (TPSA) is 30.7 Å². The smallest absolute Gasteiger partial charge is 0.109 e. The molecular weight excluding hydrogens is 234 g/mol. The summed E-state index contributed by atoms with van der Waals surface area (Å²) in [5.74, 6) is 1.20. The number of pyridine rings is 1. The van der Waals surface area contributed by atoms with Crippen LogP contribution in [0.3, 0.4) is 0 Å². The number of fused-ring (bicyclic) bond motifs is 2. The number of hydrogen-bond acceptors (Lipinski definition) is 2. The third-order valence-electron chi connectivity index (χ3n) is 3.83. The first kappa shape index (κ1) is 10.7. The van der Waals surface area contributed by atoms with E-state index in [2.05, 4.69) is 33.8 Å². The molecule has 3 heterocycles. The largest absolute Gasteiger partial charge is 0.327 e. The van der Waals surface area contributed by atoms with E-state index in [0.717, 1.165) is 29.9 Å². The Morgan fingerprint density at radius 1 is 1.00 bits per heavy atom. The minimum Gasteiger partial charge on any atom is -0.327 e.